The molecule has 0 spiro atoms. The second-order valence-electron chi connectivity index (χ2n) is 0.0745. The van der Waals surface area contributed by atoms with Gasteiger partial charge in [-0.1, -0.05) is 0 Å². The van der Waals surface area contributed by atoms with E-state index in [0.29, 0.717) is 0 Å². The van der Waals surface area contributed by atoms with Crippen LogP contribution in [0.1, 0.15) is 0 Å². The van der Waals surface area contributed by atoms with Crippen molar-refractivity contribution in [2.45, 2.75) is 0 Å². The molecule has 0 N–H and O–H groups in total. The van der Waals surface area contributed by atoms with Crippen LogP contribution in [0, 0.1) is 0 Å². The molecule has 0 aliphatic carbocycles. The van der Waals surface area contributed by atoms with E-state index in [0.717, 1.165) is 0 Å². The fourth-order valence-electron chi connectivity index (χ4n) is 0. The molecular weight excluding hydrogens is 86.0 g/mol. The van der Waals surface area contributed by atoms with Crippen LogP contribution in [0.15, 0.2) is 0 Å². The Morgan fingerprint density at radius 3 is 1.75 bits per heavy atom. The zero-order valence-electron chi connectivity index (χ0n) is 1.26. The summed E-state index contributed by atoms with van der Waals surface area (Å²) < 4.78 is 8.72. The SMILES string of the molecule is O=[P]=S.[LiH]. The van der Waals surface area contributed by atoms with Gasteiger partial charge in [0.05, 0.1) is 0 Å². The first-order chi connectivity index (χ1) is 1.41. The molecule has 0 aromatic rings. The molecule has 0 amide bonds. The van der Waals surface area contributed by atoms with Crippen LogP contribution in [0.25, 0.3) is 0 Å². The molecule has 0 saturated heterocycles. The van der Waals surface area contributed by atoms with Crippen molar-refractivity contribution >= 4 is 37.9 Å². The van der Waals surface area contributed by atoms with Crippen LogP contribution in [-0.2, 0) is 16.4 Å². The van der Waals surface area contributed by atoms with Crippen molar-refractivity contribution in [1.82, 2.24) is 0 Å². The predicted octanol–water partition coefficient (Wildman–Crippen LogP) is 0.0915. The summed E-state index contributed by atoms with van der Waals surface area (Å²) in [5.41, 5.74) is 0. The van der Waals surface area contributed by atoms with E-state index >= 15 is 0 Å². The number of hydrogen-bond donors (Lipinski definition) is 0. The molecule has 4 heteroatoms. The van der Waals surface area contributed by atoms with Gasteiger partial charge in [0.2, 0.25) is 0 Å². The van der Waals surface area contributed by atoms with Crippen LogP contribution >= 0.6 is 7.24 Å². The first-order valence-corrected chi connectivity index (χ1v) is 2.19. The third-order valence-corrected chi connectivity index (χ3v) is 0. The van der Waals surface area contributed by atoms with E-state index in [2.05, 4.69) is 11.8 Å². The molecule has 0 bridgehead atoms. The normalized spacial score (nSPS) is 3.00. The van der Waals surface area contributed by atoms with E-state index in [1.165, 1.54) is 0 Å². The van der Waals surface area contributed by atoms with E-state index in [-0.39, 0.29) is 26.1 Å². The number of rotatable bonds is 0. The zero-order valence-corrected chi connectivity index (χ0v) is 2.97. The molecule has 0 aromatic heterocycles. The Hall–Kier alpha value is 1.05. The van der Waals surface area contributed by atoms with Crippen LogP contribution in [0.5, 0.6) is 0 Å². The molecule has 0 aliphatic heterocycles. The van der Waals surface area contributed by atoms with Crippen molar-refractivity contribution in [3.63, 3.8) is 0 Å². The summed E-state index contributed by atoms with van der Waals surface area (Å²) in [4.78, 5) is 0. The average molecular weight is 87.0 g/mol. The molecular formula is HLiOPS. The second kappa shape index (κ2) is 8.97. The zero-order chi connectivity index (χ0) is 2.71. The van der Waals surface area contributed by atoms with E-state index in [1.54, 1.807) is 0 Å². The van der Waals surface area contributed by atoms with Gasteiger partial charge in [-0.05, 0) is 0 Å². The fourth-order valence-corrected chi connectivity index (χ4v) is 0. The third kappa shape index (κ3) is 11.6. The summed E-state index contributed by atoms with van der Waals surface area (Å²) in [5, 5.41) is 0. The summed E-state index contributed by atoms with van der Waals surface area (Å²) >= 11 is 3.81. The van der Waals surface area contributed by atoms with Gasteiger partial charge in [0.15, 0.2) is 0 Å². The van der Waals surface area contributed by atoms with Crippen LogP contribution in [0.2, 0.25) is 0 Å². The summed E-state index contributed by atoms with van der Waals surface area (Å²) in [5.74, 6) is 0. The molecule has 0 aliphatic rings. The van der Waals surface area contributed by atoms with E-state index in [9.17, 15) is 0 Å². The summed E-state index contributed by atoms with van der Waals surface area (Å²) in [6.07, 6.45) is 0. The van der Waals surface area contributed by atoms with Crippen LogP contribution < -0.4 is 0 Å². The summed E-state index contributed by atoms with van der Waals surface area (Å²) in [7, 11) is -0.250. The summed E-state index contributed by atoms with van der Waals surface area (Å²) in [6, 6.07) is 0. The second-order valence-corrected chi connectivity index (χ2v) is 0.671. The van der Waals surface area contributed by atoms with Crippen LogP contribution in [0.3, 0.4) is 0 Å². The first-order valence-electron chi connectivity index (χ1n) is 0.365. The Morgan fingerprint density at radius 1 is 1.75 bits per heavy atom. The molecule has 19 valence electrons. The number of hydrogen-bond acceptors (Lipinski definition) is 2. The van der Waals surface area contributed by atoms with Crippen molar-refractivity contribution in [2.24, 2.45) is 0 Å². The van der Waals surface area contributed by atoms with Gasteiger partial charge >= 0.3 is 42.5 Å². The summed E-state index contributed by atoms with van der Waals surface area (Å²) in [6.45, 7) is 0. The molecule has 0 saturated carbocycles. The molecule has 1 nitrogen and oxygen atoms in total. The van der Waals surface area contributed by atoms with Gasteiger partial charge in [0, 0.05) is 0 Å². The van der Waals surface area contributed by atoms with Crippen molar-refractivity contribution in [2.75, 3.05) is 0 Å². The van der Waals surface area contributed by atoms with E-state index in [4.69, 9.17) is 4.57 Å². The first kappa shape index (κ1) is 8.90. The Kier molecular flexibility index (Phi) is 20.0. The quantitative estimate of drug-likeness (QED) is 0.307. The predicted molar refractivity (Wildman–Crippen MR) is 22.1 cm³/mol. The monoisotopic (exact) mass is 87.0 g/mol. The Morgan fingerprint density at radius 2 is 1.75 bits per heavy atom. The third-order valence-electron chi connectivity index (χ3n) is 0. The molecule has 0 aromatic carbocycles. The van der Waals surface area contributed by atoms with Crippen LogP contribution in [0.4, 0.5) is 0 Å². The van der Waals surface area contributed by atoms with Gasteiger partial charge < -0.3 is 0 Å². The minimum absolute atomic E-state index is 0. The van der Waals surface area contributed by atoms with Crippen molar-refractivity contribution in [3.8, 4) is 0 Å². The Bertz CT molecular complexity index is 29.0. The van der Waals surface area contributed by atoms with Gasteiger partial charge in [-0.2, -0.15) is 0 Å². The van der Waals surface area contributed by atoms with Crippen LogP contribution in [-0.4, -0.2) is 18.9 Å². The molecule has 4 heavy (non-hydrogen) atoms. The molecule has 1 radical (unpaired) electrons. The van der Waals surface area contributed by atoms with E-state index < -0.39 is 0 Å². The minimum atomic E-state index is -0.250. The Labute approximate surface area is 42.8 Å². The van der Waals surface area contributed by atoms with Crippen molar-refractivity contribution < 1.29 is 4.57 Å². The van der Waals surface area contributed by atoms with Gasteiger partial charge in [0.1, 0.15) is 0 Å². The van der Waals surface area contributed by atoms with E-state index in [1.807, 2.05) is 0 Å². The van der Waals surface area contributed by atoms with Gasteiger partial charge in [0.25, 0.3) is 0 Å². The van der Waals surface area contributed by atoms with Crippen molar-refractivity contribution in [1.29, 1.82) is 0 Å². The topological polar surface area (TPSA) is 17.1 Å². The Balaban J connectivity index is 0. The average Bonchev–Trinajstić information content (AvgIpc) is 0.918. The molecule has 0 unspecified atom stereocenters. The fraction of sp³-hybridized carbons (Fsp3) is 0. The standard InChI is InChI=1S/Li.OPS.H/c;1-2-3;. The maximum atomic E-state index is 8.72. The molecule has 0 rings (SSSR count). The molecule has 0 fully saturated rings. The molecule has 0 heterocycles. The molecule has 0 atom stereocenters. The van der Waals surface area contributed by atoms with Gasteiger partial charge in [-0.3, -0.25) is 0 Å². The van der Waals surface area contributed by atoms with Crippen molar-refractivity contribution in [3.05, 3.63) is 0 Å². The maximum absolute atomic E-state index is 8.72. The van der Waals surface area contributed by atoms with Gasteiger partial charge in [-0.25, -0.2) is 0 Å². The van der Waals surface area contributed by atoms with Gasteiger partial charge in [-0.15, -0.1) is 0 Å².